The van der Waals surface area contributed by atoms with Crippen molar-refractivity contribution < 1.29 is 19.1 Å². The molecule has 2 aromatic heterocycles. The summed E-state index contributed by atoms with van der Waals surface area (Å²) in [5, 5.41) is 7.02. The molecule has 3 aromatic rings. The Hall–Kier alpha value is -4.14. The van der Waals surface area contributed by atoms with E-state index in [9.17, 15) is 9.59 Å². The van der Waals surface area contributed by atoms with Gasteiger partial charge in [-0.1, -0.05) is 12.1 Å². The number of carbonyl (C=O) groups excluding carboxylic acids is 2. The maximum absolute atomic E-state index is 12.2. The van der Waals surface area contributed by atoms with E-state index in [0.717, 1.165) is 5.69 Å². The van der Waals surface area contributed by atoms with Crippen molar-refractivity contribution in [3.05, 3.63) is 72.2 Å². The molecule has 9 nitrogen and oxygen atoms in total. The zero-order chi connectivity index (χ0) is 21.3. The number of nitrogens with one attached hydrogen (secondary N) is 1. The number of anilines is 1. The summed E-state index contributed by atoms with van der Waals surface area (Å²) < 4.78 is 12.2. The third-order valence-electron chi connectivity index (χ3n) is 3.93. The molecule has 0 atom stereocenters. The zero-order valence-corrected chi connectivity index (χ0v) is 16.3. The number of pyridine rings is 1. The fourth-order valence-electron chi connectivity index (χ4n) is 2.57. The highest BCUT2D eigenvalue weighted by molar-refractivity contribution is 6.01. The molecule has 0 saturated heterocycles. The number of hydrogen-bond donors (Lipinski definition) is 2. The monoisotopic (exact) mass is 407 g/mol. The average Bonchev–Trinajstić information content (AvgIpc) is 3.18. The van der Waals surface area contributed by atoms with Crippen LogP contribution in [0.15, 0.2) is 60.9 Å². The Morgan fingerprint density at radius 1 is 1.20 bits per heavy atom. The van der Waals surface area contributed by atoms with E-state index < -0.39 is 5.91 Å². The molecule has 0 aliphatic carbocycles. The van der Waals surface area contributed by atoms with Crippen molar-refractivity contribution in [1.29, 1.82) is 0 Å². The number of nitrogens with zero attached hydrogens (tertiary/aromatic N) is 3. The summed E-state index contributed by atoms with van der Waals surface area (Å²) >= 11 is 0. The van der Waals surface area contributed by atoms with Crippen LogP contribution in [0.3, 0.4) is 0 Å². The molecular weight excluding hydrogens is 386 g/mol. The Balaban J connectivity index is 1.58. The minimum absolute atomic E-state index is 0.249. The normalized spacial score (nSPS) is 10.7. The van der Waals surface area contributed by atoms with Crippen LogP contribution in [-0.2, 0) is 16.1 Å². The highest BCUT2D eigenvalue weighted by Crippen LogP contribution is 2.28. The van der Waals surface area contributed by atoms with Crippen LogP contribution in [0.2, 0.25) is 0 Å². The largest absolute Gasteiger partial charge is 0.493 e. The number of benzene rings is 1. The molecule has 0 fully saturated rings. The second-order valence-corrected chi connectivity index (χ2v) is 6.21. The minimum Gasteiger partial charge on any atom is -0.493 e. The van der Waals surface area contributed by atoms with E-state index in [1.807, 2.05) is 18.2 Å². The molecule has 2 heterocycles. The van der Waals surface area contributed by atoms with Gasteiger partial charge in [-0.15, -0.1) is 0 Å². The highest BCUT2D eigenvalue weighted by Gasteiger charge is 2.07. The third-order valence-corrected chi connectivity index (χ3v) is 3.93. The number of primary amides is 1. The van der Waals surface area contributed by atoms with Gasteiger partial charge in [0.2, 0.25) is 5.91 Å². The SMILES string of the molecule is COc1cc(/C=C/C(=O)Nc2ccn(Cc3ccccn3)n2)ccc1OCC(N)=O. The average molecular weight is 407 g/mol. The lowest BCUT2D eigenvalue weighted by Crippen LogP contribution is -2.20. The standard InChI is InChI=1S/C21H21N5O4/c1-29-18-12-15(5-7-17(18)30-14-19(22)27)6-8-21(28)24-20-9-11-26(25-20)13-16-4-2-3-10-23-16/h2-12H,13-14H2,1H3,(H2,22,27)(H,24,25,28)/b8-6+. The van der Waals surface area contributed by atoms with E-state index in [1.165, 1.54) is 13.2 Å². The number of hydrogen-bond acceptors (Lipinski definition) is 6. The van der Waals surface area contributed by atoms with Crippen molar-refractivity contribution in [2.24, 2.45) is 5.73 Å². The van der Waals surface area contributed by atoms with E-state index in [2.05, 4.69) is 15.4 Å². The lowest BCUT2D eigenvalue weighted by Gasteiger charge is -2.09. The Labute approximate surface area is 173 Å². The summed E-state index contributed by atoms with van der Waals surface area (Å²) in [6.45, 7) is 0.261. The van der Waals surface area contributed by atoms with Crippen molar-refractivity contribution >= 4 is 23.7 Å². The Morgan fingerprint density at radius 3 is 2.80 bits per heavy atom. The number of aromatic nitrogens is 3. The highest BCUT2D eigenvalue weighted by atomic mass is 16.5. The van der Waals surface area contributed by atoms with E-state index in [4.69, 9.17) is 15.2 Å². The summed E-state index contributed by atoms with van der Waals surface area (Å²) in [7, 11) is 1.48. The lowest BCUT2D eigenvalue weighted by molar-refractivity contribution is -0.120. The van der Waals surface area contributed by atoms with Gasteiger partial charge in [0.1, 0.15) is 0 Å². The van der Waals surface area contributed by atoms with Gasteiger partial charge in [0.25, 0.3) is 5.91 Å². The first-order valence-electron chi connectivity index (χ1n) is 9.05. The van der Waals surface area contributed by atoms with Crippen LogP contribution < -0.4 is 20.5 Å². The Bertz CT molecular complexity index is 1050. The molecule has 1 aromatic carbocycles. The van der Waals surface area contributed by atoms with Gasteiger partial charge in [-0.3, -0.25) is 19.3 Å². The number of nitrogens with two attached hydrogens (primary N) is 1. The number of methoxy groups -OCH3 is 1. The van der Waals surface area contributed by atoms with Gasteiger partial charge in [-0.25, -0.2) is 0 Å². The van der Waals surface area contributed by atoms with Crippen LogP contribution in [0.5, 0.6) is 11.5 Å². The van der Waals surface area contributed by atoms with Crippen molar-refractivity contribution in [1.82, 2.24) is 14.8 Å². The van der Waals surface area contributed by atoms with Crippen LogP contribution in [-0.4, -0.2) is 40.3 Å². The van der Waals surface area contributed by atoms with E-state index in [1.54, 1.807) is 47.4 Å². The Kier molecular flexibility index (Phi) is 6.78. The number of carbonyl (C=O) groups is 2. The fourth-order valence-corrected chi connectivity index (χ4v) is 2.57. The van der Waals surface area contributed by atoms with Gasteiger partial charge in [-0.05, 0) is 35.9 Å². The second-order valence-electron chi connectivity index (χ2n) is 6.21. The summed E-state index contributed by atoms with van der Waals surface area (Å²) in [4.78, 5) is 27.3. The first-order chi connectivity index (χ1) is 14.5. The quantitative estimate of drug-likeness (QED) is 0.522. The molecule has 3 N–H and O–H groups in total. The molecule has 0 saturated carbocycles. The van der Waals surface area contributed by atoms with Crippen molar-refractivity contribution in [2.75, 3.05) is 19.0 Å². The van der Waals surface area contributed by atoms with E-state index in [0.29, 0.717) is 29.4 Å². The molecule has 9 heteroatoms. The third kappa shape index (κ3) is 5.93. The van der Waals surface area contributed by atoms with Crippen LogP contribution in [0.25, 0.3) is 6.08 Å². The van der Waals surface area contributed by atoms with Gasteiger partial charge < -0.3 is 20.5 Å². The molecule has 2 amide bonds. The lowest BCUT2D eigenvalue weighted by atomic mass is 10.2. The molecule has 0 aliphatic rings. The molecule has 3 rings (SSSR count). The van der Waals surface area contributed by atoms with Gasteiger partial charge in [0.15, 0.2) is 23.9 Å². The fraction of sp³-hybridized carbons (Fsp3) is 0.143. The van der Waals surface area contributed by atoms with E-state index >= 15 is 0 Å². The number of rotatable bonds is 9. The first-order valence-corrected chi connectivity index (χ1v) is 9.05. The van der Waals surface area contributed by atoms with Gasteiger partial charge in [0.05, 0.1) is 19.3 Å². The van der Waals surface area contributed by atoms with Crippen LogP contribution in [0, 0.1) is 0 Å². The molecule has 0 aliphatic heterocycles. The molecule has 0 unspecified atom stereocenters. The van der Waals surface area contributed by atoms with Crippen LogP contribution >= 0.6 is 0 Å². The van der Waals surface area contributed by atoms with E-state index in [-0.39, 0.29) is 12.5 Å². The first kappa shape index (κ1) is 20.6. The van der Waals surface area contributed by atoms with Crippen molar-refractivity contribution in [2.45, 2.75) is 6.54 Å². The predicted molar refractivity (Wildman–Crippen MR) is 111 cm³/mol. The van der Waals surface area contributed by atoms with Crippen LogP contribution in [0.1, 0.15) is 11.3 Å². The topological polar surface area (TPSA) is 121 Å². The summed E-state index contributed by atoms with van der Waals surface area (Å²) in [6.07, 6.45) is 6.50. The maximum atomic E-state index is 12.2. The summed E-state index contributed by atoms with van der Waals surface area (Å²) in [6, 6.07) is 12.4. The summed E-state index contributed by atoms with van der Waals surface area (Å²) in [5.41, 5.74) is 6.66. The molecule has 30 heavy (non-hydrogen) atoms. The molecular formula is C21H21N5O4. The minimum atomic E-state index is -0.583. The van der Waals surface area contributed by atoms with Crippen LogP contribution in [0.4, 0.5) is 5.82 Å². The Morgan fingerprint density at radius 2 is 2.07 bits per heavy atom. The smallest absolute Gasteiger partial charge is 0.255 e. The number of amides is 2. The van der Waals surface area contributed by atoms with Crippen molar-refractivity contribution in [3.63, 3.8) is 0 Å². The van der Waals surface area contributed by atoms with Gasteiger partial charge >= 0.3 is 0 Å². The molecule has 0 bridgehead atoms. The maximum Gasteiger partial charge on any atom is 0.255 e. The molecule has 154 valence electrons. The summed E-state index contributed by atoms with van der Waals surface area (Å²) in [5.74, 6) is 0.336. The zero-order valence-electron chi connectivity index (χ0n) is 16.3. The van der Waals surface area contributed by atoms with Crippen molar-refractivity contribution in [3.8, 4) is 11.5 Å². The second kappa shape index (κ2) is 9.87. The molecule has 0 spiro atoms. The molecule has 0 radical (unpaired) electrons. The van der Waals surface area contributed by atoms with Gasteiger partial charge in [-0.2, -0.15) is 5.10 Å². The van der Waals surface area contributed by atoms with Gasteiger partial charge in [0, 0.05) is 24.5 Å². The number of ether oxygens (including phenoxy) is 2. The predicted octanol–water partition coefficient (Wildman–Crippen LogP) is 1.85.